The maximum Gasteiger partial charge on any atom is 0.143 e. The first kappa shape index (κ1) is 23.4. The first-order valence-corrected chi connectivity index (χ1v) is 13.7. The lowest BCUT2D eigenvalue weighted by molar-refractivity contribution is 0.673. The molecule has 3 heterocycles. The third-order valence-electron chi connectivity index (χ3n) is 7.82. The van der Waals surface area contributed by atoms with Crippen molar-refractivity contribution in [2.45, 2.75) is 0 Å². The molecule has 0 atom stereocenters. The topological polar surface area (TPSA) is 38.9 Å². The van der Waals surface area contributed by atoms with Crippen molar-refractivity contribution in [1.29, 1.82) is 0 Å². The maximum absolute atomic E-state index is 6.57. The van der Waals surface area contributed by atoms with Crippen LogP contribution in [0.2, 0.25) is 0 Å². The molecule has 3 aromatic heterocycles. The van der Waals surface area contributed by atoms with Gasteiger partial charge in [0.1, 0.15) is 11.2 Å². The Kier molecular flexibility index (Phi) is 5.46. The summed E-state index contributed by atoms with van der Waals surface area (Å²) >= 11 is 0. The van der Waals surface area contributed by atoms with Crippen LogP contribution in [0.15, 0.2) is 150 Å². The van der Waals surface area contributed by atoms with Crippen LogP contribution >= 0.6 is 0 Å². The fourth-order valence-electron chi connectivity index (χ4n) is 5.84. The molecule has 0 aliphatic rings. The number of nitrogens with zero attached hydrogens (tertiary/aromatic N) is 2. The van der Waals surface area contributed by atoms with Crippen molar-refractivity contribution >= 4 is 32.7 Å². The summed E-state index contributed by atoms with van der Waals surface area (Å²) in [7, 11) is 0. The number of aromatic nitrogens is 2. The summed E-state index contributed by atoms with van der Waals surface area (Å²) in [6.45, 7) is 0. The number of pyridine rings is 2. The highest BCUT2D eigenvalue weighted by Gasteiger charge is 2.18. The molecule has 0 amide bonds. The zero-order chi connectivity index (χ0) is 27.2. The molecule has 0 radical (unpaired) electrons. The van der Waals surface area contributed by atoms with Crippen LogP contribution in [0.3, 0.4) is 0 Å². The van der Waals surface area contributed by atoms with Crippen molar-refractivity contribution < 1.29 is 4.42 Å². The van der Waals surface area contributed by atoms with E-state index < -0.39 is 0 Å². The van der Waals surface area contributed by atoms with Gasteiger partial charge in [0, 0.05) is 39.7 Å². The SMILES string of the molecule is c1ccc(-c2ccc(-c3cc4c(oc5cccc(-c6ccc(-c7ccccn7)cc6)c54)c4ccccc34)cc2)nc1. The van der Waals surface area contributed by atoms with E-state index in [9.17, 15) is 0 Å². The van der Waals surface area contributed by atoms with E-state index in [2.05, 4.69) is 107 Å². The quantitative estimate of drug-likeness (QED) is 0.230. The Balaban J connectivity index is 1.32. The van der Waals surface area contributed by atoms with Crippen molar-refractivity contribution in [2.24, 2.45) is 0 Å². The van der Waals surface area contributed by atoms with Gasteiger partial charge in [-0.15, -0.1) is 0 Å². The highest BCUT2D eigenvalue weighted by Crippen LogP contribution is 2.43. The predicted octanol–water partition coefficient (Wildman–Crippen LogP) is 10.2. The van der Waals surface area contributed by atoms with E-state index in [1.807, 2.05) is 48.8 Å². The molecular weight excluding hydrogens is 500 g/mol. The molecule has 0 aliphatic carbocycles. The monoisotopic (exact) mass is 524 g/mol. The molecule has 8 aromatic rings. The second kappa shape index (κ2) is 9.58. The Hall–Kier alpha value is -5.54. The minimum absolute atomic E-state index is 0.888. The molecule has 3 nitrogen and oxygen atoms in total. The number of furan rings is 1. The Morgan fingerprint density at radius 1 is 0.415 bits per heavy atom. The number of hydrogen-bond donors (Lipinski definition) is 0. The van der Waals surface area contributed by atoms with E-state index in [0.29, 0.717) is 0 Å². The molecule has 0 bridgehead atoms. The van der Waals surface area contributed by atoms with Gasteiger partial charge in [0.15, 0.2) is 0 Å². The second-order valence-electron chi connectivity index (χ2n) is 10.2. The average Bonchev–Trinajstić information content (AvgIpc) is 3.45. The van der Waals surface area contributed by atoms with Crippen molar-refractivity contribution in [3.8, 4) is 44.8 Å². The van der Waals surface area contributed by atoms with E-state index in [-0.39, 0.29) is 0 Å². The molecule has 3 heteroatoms. The molecule has 0 N–H and O–H groups in total. The van der Waals surface area contributed by atoms with Crippen LogP contribution in [0.25, 0.3) is 77.5 Å². The highest BCUT2D eigenvalue weighted by molar-refractivity contribution is 6.22. The van der Waals surface area contributed by atoms with Crippen molar-refractivity contribution in [1.82, 2.24) is 9.97 Å². The van der Waals surface area contributed by atoms with Gasteiger partial charge in [-0.1, -0.05) is 97.1 Å². The fourth-order valence-corrected chi connectivity index (χ4v) is 5.84. The Morgan fingerprint density at radius 3 is 1.59 bits per heavy atom. The molecule has 41 heavy (non-hydrogen) atoms. The smallest absolute Gasteiger partial charge is 0.143 e. The molecule has 8 rings (SSSR count). The lowest BCUT2D eigenvalue weighted by atomic mass is 9.92. The van der Waals surface area contributed by atoms with Gasteiger partial charge in [-0.2, -0.15) is 0 Å². The minimum atomic E-state index is 0.888. The molecule has 0 fully saturated rings. The maximum atomic E-state index is 6.57. The van der Waals surface area contributed by atoms with Gasteiger partial charge in [-0.05, 0) is 64.0 Å². The van der Waals surface area contributed by atoms with Crippen LogP contribution in [0, 0.1) is 0 Å². The highest BCUT2D eigenvalue weighted by atomic mass is 16.3. The minimum Gasteiger partial charge on any atom is -0.455 e. The zero-order valence-electron chi connectivity index (χ0n) is 22.2. The molecule has 0 saturated carbocycles. The normalized spacial score (nSPS) is 11.4. The lowest BCUT2D eigenvalue weighted by Gasteiger charge is -2.10. The summed E-state index contributed by atoms with van der Waals surface area (Å²) in [6, 6.07) is 46.5. The van der Waals surface area contributed by atoms with Crippen LogP contribution in [-0.2, 0) is 0 Å². The van der Waals surface area contributed by atoms with Gasteiger partial charge in [0.2, 0.25) is 0 Å². The average molecular weight is 525 g/mol. The van der Waals surface area contributed by atoms with Crippen LogP contribution < -0.4 is 0 Å². The largest absolute Gasteiger partial charge is 0.455 e. The van der Waals surface area contributed by atoms with E-state index in [1.165, 1.54) is 10.9 Å². The third kappa shape index (κ3) is 3.98. The summed E-state index contributed by atoms with van der Waals surface area (Å²) < 4.78 is 6.57. The molecule has 192 valence electrons. The Bertz CT molecular complexity index is 2160. The number of benzene rings is 5. The Labute approximate surface area is 237 Å². The van der Waals surface area contributed by atoms with Crippen LogP contribution in [0.4, 0.5) is 0 Å². The van der Waals surface area contributed by atoms with Crippen LogP contribution in [-0.4, -0.2) is 9.97 Å². The van der Waals surface area contributed by atoms with E-state index in [1.54, 1.807) is 0 Å². The van der Waals surface area contributed by atoms with Gasteiger partial charge >= 0.3 is 0 Å². The van der Waals surface area contributed by atoms with Crippen LogP contribution in [0.5, 0.6) is 0 Å². The van der Waals surface area contributed by atoms with Crippen molar-refractivity contribution in [3.05, 3.63) is 146 Å². The van der Waals surface area contributed by atoms with E-state index in [4.69, 9.17) is 4.42 Å². The number of hydrogen-bond acceptors (Lipinski definition) is 3. The molecule has 5 aromatic carbocycles. The molecule has 0 saturated heterocycles. The van der Waals surface area contributed by atoms with Gasteiger partial charge < -0.3 is 4.42 Å². The Morgan fingerprint density at radius 2 is 0.976 bits per heavy atom. The summed E-state index contributed by atoms with van der Waals surface area (Å²) in [5.74, 6) is 0. The van der Waals surface area contributed by atoms with E-state index >= 15 is 0 Å². The second-order valence-corrected chi connectivity index (χ2v) is 10.2. The van der Waals surface area contributed by atoms with Gasteiger partial charge in [0.05, 0.1) is 11.4 Å². The van der Waals surface area contributed by atoms with Gasteiger partial charge in [-0.25, -0.2) is 0 Å². The molecule has 0 unspecified atom stereocenters. The predicted molar refractivity (Wildman–Crippen MR) is 169 cm³/mol. The third-order valence-corrected chi connectivity index (χ3v) is 7.82. The lowest BCUT2D eigenvalue weighted by Crippen LogP contribution is -1.86. The van der Waals surface area contributed by atoms with Crippen molar-refractivity contribution in [3.63, 3.8) is 0 Å². The standard InChI is InChI=1S/C38H24N2O/c1-2-9-31-30(8-1)32(26-16-20-28(21-17-26)35-12-4-6-23-40-35)24-33-37-29(10-7-13-36(37)41-38(31)33)25-14-18-27(19-15-25)34-11-3-5-22-39-34/h1-24H. The molecule has 0 aliphatic heterocycles. The van der Waals surface area contributed by atoms with Gasteiger partial charge in [0.25, 0.3) is 0 Å². The first-order chi connectivity index (χ1) is 20.3. The van der Waals surface area contributed by atoms with Crippen molar-refractivity contribution in [2.75, 3.05) is 0 Å². The molecular formula is C38H24N2O. The van der Waals surface area contributed by atoms with Crippen LogP contribution in [0.1, 0.15) is 0 Å². The fraction of sp³-hybridized carbons (Fsp3) is 0. The summed E-state index contributed by atoms with van der Waals surface area (Å²) in [5.41, 5.74) is 10.6. The first-order valence-electron chi connectivity index (χ1n) is 13.7. The number of fused-ring (bicyclic) bond motifs is 5. The summed E-state index contributed by atoms with van der Waals surface area (Å²) in [6.07, 6.45) is 3.66. The van der Waals surface area contributed by atoms with Gasteiger partial charge in [-0.3, -0.25) is 9.97 Å². The molecule has 0 spiro atoms. The van der Waals surface area contributed by atoms with E-state index in [0.717, 1.165) is 66.5 Å². The summed E-state index contributed by atoms with van der Waals surface area (Å²) in [4.78, 5) is 9.02. The zero-order valence-corrected chi connectivity index (χ0v) is 22.2. The number of rotatable bonds is 4. The summed E-state index contributed by atoms with van der Waals surface area (Å²) in [5, 5.41) is 4.53.